The molecule has 0 aromatic heterocycles. The Morgan fingerprint density at radius 3 is 0.789 bits per heavy atom. The van der Waals surface area contributed by atoms with E-state index in [0.717, 1.165) is 77.0 Å². The zero-order chi connectivity index (χ0) is 55.0. The Labute approximate surface area is 474 Å². The molecule has 1 unspecified atom stereocenters. The van der Waals surface area contributed by atoms with Gasteiger partial charge in [-0.1, -0.05) is 320 Å². The minimum absolute atomic E-state index is 0.0690. The van der Waals surface area contributed by atoms with Crippen LogP contribution in [0.3, 0.4) is 0 Å². The quantitative estimate of drug-likeness (QED) is 0.0261. The number of unbranched alkanes of at least 4 members (excludes halogenated alkanes) is 46. The van der Waals surface area contributed by atoms with Crippen LogP contribution in [-0.4, -0.2) is 37.2 Å². The highest BCUT2D eigenvalue weighted by molar-refractivity contribution is 5.71. The molecule has 0 heterocycles. The largest absolute Gasteiger partial charge is 0.462 e. The van der Waals surface area contributed by atoms with Gasteiger partial charge < -0.3 is 14.2 Å². The Morgan fingerprint density at radius 1 is 0.263 bits per heavy atom. The number of rotatable bonds is 63. The highest BCUT2D eigenvalue weighted by atomic mass is 16.6. The summed E-state index contributed by atoms with van der Waals surface area (Å²) in [6.07, 6.45) is 80.4. The third kappa shape index (κ3) is 62.5. The van der Waals surface area contributed by atoms with Crippen LogP contribution in [0.25, 0.3) is 0 Å². The van der Waals surface area contributed by atoms with E-state index in [1.165, 1.54) is 257 Å². The smallest absolute Gasteiger partial charge is 0.306 e. The predicted octanol–water partition coefficient (Wildman–Crippen LogP) is 23.2. The van der Waals surface area contributed by atoms with Gasteiger partial charge in [0.1, 0.15) is 13.2 Å². The number of allylic oxidation sites excluding steroid dienone is 6. The van der Waals surface area contributed by atoms with Crippen LogP contribution in [0.15, 0.2) is 36.5 Å². The molecule has 76 heavy (non-hydrogen) atoms. The number of hydrogen-bond acceptors (Lipinski definition) is 6. The second-order valence-corrected chi connectivity index (χ2v) is 23.1. The van der Waals surface area contributed by atoms with Crippen LogP contribution < -0.4 is 0 Å². The van der Waals surface area contributed by atoms with Gasteiger partial charge in [0.15, 0.2) is 6.10 Å². The Kier molecular flexibility index (Phi) is 63.1. The van der Waals surface area contributed by atoms with Gasteiger partial charge in [-0.15, -0.1) is 0 Å². The minimum atomic E-state index is -0.771. The molecule has 0 spiro atoms. The summed E-state index contributed by atoms with van der Waals surface area (Å²) in [5.74, 6) is -0.855. The molecule has 0 radical (unpaired) electrons. The Morgan fingerprint density at radius 2 is 0.500 bits per heavy atom. The predicted molar refractivity (Wildman–Crippen MR) is 330 cm³/mol. The molecular weight excluding hydrogens is 937 g/mol. The van der Waals surface area contributed by atoms with Crippen molar-refractivity contribution < 1.29 is 28.6 Å². The van der Waals surface area contributed by atoms with Crippen LogP contribution in [0, 0.1) is 0 Å². The molecule has 0 saturated carbocycles. The van der Waals surface area contributed by atoms with Crippen molar-refractivity contribution in [3.8, 4) is 0 Å². The second-order valence-electron chi connectivity index (χ2n) is 23.1. The maximum absolute atomic E-state index is 12.9. The first kappa shape index (κ1) is 73.6. The van der Waals surface area contributed by atoms with Crippen molar-refractivity contribution in [3.05, 3.63) is 36.5 Å². The fourth-order valence-electron chi connectivity index (χ4n) is 10.2. The van der Waals surface area contributed by atoms with Crippen LogP contribution in [0.5, 0.6) is 0 Å². The third-order valence-corrected chi connectivity index (χ3v) is 15.3. The fraction of sp³-hybridized carbons (Fsp3) is 0.871. The Bertz CT molecular complexity index is 1270. The van der Waals surface area contributed by atoms with E-state index in [4.69, 9.17) is 14.2 Å². The van der Waals surface area contributed by atoms with Crippen molar-refractivity contribution in [1.82, 2.24) is 0 Å². The van der Waals surface area contributed by atoms with E-state index < -0.39 is 6.10 Å². The van der Waals surface area contributed by atoms with Gasteiger partial charge in [-0.05, 0) is 70.6 Å². The number of ether oxygens (including phenoxy) is 3. The molecule has 0 aromatic carbocycles. The molecule has 446 valence electrons. The number of carbonyl (C=O) groups excluding carboxylic acids is 3. The fourth-order valence-corrected chi connectivity index (χ4v) is 10.2. The molecule has 0 rings (SSSR count). The van der Waals surface area contributed by atoms with Gasteiger partial charge >= 0.3 is 17.9 Å². The summed E-state index contributed by atoms with van der Waals surface area (Å²) < 4.78 is 16.9. The Hall–Kier alpha value is -2.37. The minimum Gasteiger partial charge on any atom is -0.462 e. The first-order valence-electron chi connectivity index (χ1n) is 34.0. The van der Waals surface area contributed by atoms with Crippen molar-refractivity contribution in [2.75, 3.05) is 13.2 Å². The standard InChI is InChI=1S/C70H130O6/c1-4-7-10-13-16-19-22-24-26-28-29-30-31-32-33-34-35-36-37-38-39-40-41-43-44-46-48-51-54-57-60-63-69(72)75-66-67(65-74-68(71)62-59-56-53-50-21-18-15-12-9-6-3)76-70(73)64-61-58-55-52-49-47-45-42-27-25-23-20-17-14-11-8-5-2/h12,15,22,24,28-29,67H,4-11,13-14,16-21,23,25-27,30-66H2,1-3H3/b15-12-,24-22-,29-28-. The summed E-state index contributed by atoms with van der Waals surface area (Å²) in [4.78, 5) is 38.2. The molecule has 0 bridgehead atoms. The summed E-state index contributed by atoms with van der Waals surface area (Å²) in [7, 11) is 0. The SMILES string of the molecule is CCC/C=C\CCCCCCCC(=O)OCC(COC(=O)CCCCCCCCCCCCCCCCCCCCC/C=C\C/C=C\CCCCCCC)OC(=O)CCCCCCCCCCCCCCCCCCC. The van der Waals surface area contributed by atoms with Gasteiger partial charge in [0.2, 0.25) is 0 Å². The topological polar surface area (TPSA) is 78.9 Å². The van der Waals surface area contributed by atoms with E-state index in [2.05, 4.69) is 57.2 Å². The summed E-state index contributed by atoms with van der Waals surface area (Å²) in [5, 5.41) is 0. The molecule has 0 aliphatic carbocycles. The highest BCUT2D eigenvalue weighted by Gasteiger charge is 2.19. The van der Waals surface area contributed by atoms with E-state index in [9.17, 15) is 14.4 Å². The lowest BCUT2D eigenvalue weighted by Gasteiger charge is -2.18. The highest BCUT2D eigenvalue weighted by Crippen LogP contribution is 2.18. The van der Waals surface area contributed by atoms with E-state index in [1.807, 2.05) is 0 Å². The van der Waals surface area contributed by atoms with Crippen molar-refractivity contribution in [1.29, 1.82) is 0 Å². The van der Waals surface area contributed by atoms with Gasteiger partial charge in [-0.3, -0.25) is 14.4 Å². The van der Waals surface area contributed by atoms with Gasteiger partial charge in [0, 0.05) is 19.3 Å². The zero-order valence-electron chi connectivity index (χ0n) is 51.3. The molecule has 0 aliphatic rings. The third-order valence-electron chi connectivity index (χ3n) is 15.3. The maximum atomic E-state index is 12.9. The number of esters is 3. The van der Waals surface area contributed by atoms with E-state index in [-0.39, 0.29) is 31.1 Å². The molecule has 0 aromatic rings. The van der Waals surface area contributed by atoms with Gasteiger partial charge in [-0.2, -0.15) is 0 Å². The Balaban J connectivity index is 4.07. The molecule has 6 nitrogen and oxygen atoms in total. The molecule has 0 N–H and O–H groups in total. The normalized spacial score (nSPS) is 12.2. The molecule has 1 atom stereocenters. The first-order chi connectivity index (χ1) is 37.5. The molecular formula is C70H130O6. The van der Waals surface area contributed by atoms with E-state index >= 15 is 0 Å². The van der Waals surface area contributed by atoms with Crippen LogP contribution in [0.4, 0.5) is 0 Å². The molecule has 0 saturated heterocycles. The molecule has 0 aliphatic heterocycles. The molecule has 0 fully saturated rings. The second kappa shape index (κ2) is 65.2. The lowest BCUT2D eigenvalue weighted by Crippen LogP contribution is -2.30. The average Bonchev–Trinajstić information content (AvgIpc) is 3.42. The lowest BCUT2D eigenvalue weighted by molar-refractivity contribution is -0.167. The van der Waals surface area contributed by atoms with Crippen molar-refractivity contribution in [2.45, 2.75) is 380 Å². The van der Waals surface area contributed by atoms with E-state index in [0.29, 0.717) is 19.3 Å². The lowest BCUT2D eigenvalue weighted by atomic mass is 10.0. The van der Waals surface area contributed by atoms with Crippen LogP contribution >= 0.6 is 0 Å². The van der Waals surface area contributed by atoms with E-state index in [1.54, 1.807) is 0 Å². The van der Waals surface area contributed by atoms with Crippen LogP contribution in [-0.2, 0) is 28.6 Å². The number of hydrogen-bond donors (Lipinski definition) is 0. The van der Waals surface area contributed by atoms with Crippen LogP contribution in [0.1, 0.15) is 374 Å². The zero-order valence-corrected chi connectivity index (χ0v) is 51.3. The van der Waals surface area contributed by atoms with Crippen LogP contribution in [0.2, 0.25) is 0 Å². The monoisotopic (exact) mass is 1070 g/mol. The van der Waals surface area contributed by atoms with Crippen molar-refractivity contribution >= 4 is 17.9 Å². The first-order valence-corrected chi connectivity index (χ1v) is 34.0. The summed E-state index contributed by atoms with van der Waals surface area (Å²) in [6.45, 7) is 6.62. The van der Waals surface area contributed by atoms with Gasteiger partial charge in [0.05, 0.1) is 0 Å². The maximum Gasteiger partial charge on any atom is 0.306 e. The van der Waals surface area contributed by atoms with Crippen molar-refractivity contribution in [3.63, 3.8) is 0 Å². The molecule has 6 heteroatoms. The summed E-state index contributed by atoms with van der Waals surface area (Å²) in [5.41, 5.74) is 0. The molecule has 0 amide bonds. The van der Waals surface area contributed by atoms with Crippen molar-refractivity contribution in [2.24, 2.45) is 0 Å². The average molecular weight is 1070 g/mol. The van der Waals surface area contributed by atoms with Gasteiger partial charge in [-0.25, -0.2) is 0 Å². The summed E-state index contributed by atoms with van der Waals surface area (Å²) in [6, 6.07) is 0. The number of carbonyl (C=O) groups is 3. The van der Waals surface area contributed by atoms with Gasteiger partial charge in [0.25, 0.3) is 0 Å². The summed E-state index contributed by atoms with van der Waals surface area (Å²) >= 11 is 0.